The summed E-state index contributed by atoms with van der Waals surface area (Å²) < 4.78 is 25.3. The minimum absolute atomic E-state index is 0.0218. The second-order valence-electron chi connectivity index (χ2n) is 8.32. The molecule has 3 rings (SSSR count). The Labute approximate surface area is 214 Å². The lowest BCUT2D eigenvalue weighted by Gasteiger charge is -2.30. The second-order valence-corrected chi connectivity index (χ2v) is 11.5. The molecule has 2 aromatic heterocycles. The maximum atomic E-state index is 11.5. The quantitative estimate of drug-likeness (QED) is 0.273. The number of nitrogen functional groups attached to an aromatic ring is 1. The van der Waals surface area contributed by atoms with Crippen molar-refractivity contribution in [1.82, 2.24) is 24.6 Å². The number of rotatable bonds is 13. The van der Waals surface area contributed by atoms with Crippen molar-refractivity contribution >= 4 is 41.5 Å². The number of methoxy groups -OCH3 is 1. The number of fused-ring (bicyclic) bond motifs is 1. The zero-order valence-corrected chi connectivity index (χ0v) is 22.4. The van der Waals surface area contributed by atoms with E-state index in [1.165, 1.54) is 14.0 Å². The number of hydrogen-bond acceptors (Lipinski definition) is 10. The van der Waals surface area contributed by atoms with Crippen molar-refractivity contribution in [2.75, 3.05) is 19.5 Å². The van der Waals surface area contributed by atoms with Crippen molar-refractivity contribution in [2.24, 2.45) is 5.92 Å². The lowest BCUT2D eigenvalue weighted by Crippen LogP contribution is -2.35. The summed E-state index contributed by atoms with van der Waals surface area (Å²) in [4.78, 5) is 24.1. The monoisotopic (exact) mass is 538 g/mol. The molecule has 0 aliphatic rings. The molecule has 0 saturated carbocycles. The molecule has 0 bridgehead atoms. The Morgan fingerprint density at radius 3 is 2.53 bits per heavy atom. The van der Waals surface area contributed by atoms with Crippen LogP contribution < -0.4 is 20.1 Å². The van der Waals surface area contributed by atoms with Crippen LogP contribution in [0.5, 0.6) is 11.6 Å². The summed E-state index contributed by atoms with van der Waals surface area (Å²) in [6, 6.07) is 7.89. The van der Waals surface area contributed by atoms with E-state index in [0.717, 1.165) is 0 Å². The molecule has 0 aliphatic heterocycles. The standard InChI is InChI=1S/C22H31N6O6PS/c1-13(2)17(33-15(4)28-12-24-18-19(28)25-22(23)26-20(18)31-5)11-32-35(36,27-14(3)21(29)30)34-16-9-7-6-8-10-16/h6-10,12-15,17H,11H2,1-5H3,(H,27,36)(H,29,30)(H2,23,25,26)/t14?,15-,17-,35?/m1/s1. The van der Waals surface area contributed by atoms with E-state index >= 15 is 0 Å². The topological polar surface area (TPSA) is 156 Å². The van der Waals surface area contributed by atoms with E-state index in [4.69, 9.17) is 36.1 Å². The summed E-state index contributed by atoms with van der Waals surface area (Å²) in [5.41, 5.74) is 6.74. The average Bonchev–Trinajstić information content (AvgIpc) is 3.25. The molecule has 0 fully saturated rings. The molecule has 36 heavy (non-hydrogen) atoms. The molecule has 4 atom stereocenters. The largest absolute Gasteiger partial charge is 0.480 e. The van der Waals surface area contributed by atoms with E-state index in [1.54, 1.807) is 35.2 Å². The van der Waals surface area contributed by atoms with Crippen LogP contribution in [-0.4, -0.2) is 56.5 Å². The number of benzene rings is 1. The molecule has 0 spiro atoms. The van der Waals surface area contributed by atoms with Crippen LogP contribution in [0, 0.1) is 5.92 Å². The number of para-hydroxylation sites is 1. The van der Waals surface area contributed by atoms with E-state index < -0.39 is 31.0 Å². The van der Waals surface area contributed by atoms with Crippen molar-refractivity contribution in [3.63, 3.8) is 0 Å². The third-order valence-electron chi connectivity index (χ3n) is 5.21. The maximum Gasteiger partial charge on any atom is 0.320 e. The van der Waals surface area contributed by atoms with E-state index in [-0.39, 0.29) is 24.4 Å². The summed E-state index contributed by atoms with van der Waals surface area (Å²) in [5.74, 6) is -0.261. The number of carbonyl (C=O) groups is 1. The van der Waals surface area contributed by atoms with Crippen molar-refractivity contribution in [2.45, 2.75) is 46.1 Å². The Morgan fingerprint density at radius 1 is 1.22 bits per heavy atom. The van der Waals surface area contributed by atoms with Crippen LogP contribution in [0.3, 0.4) is 0 Å². The smallest absolute Gasteiger partial charge is 0.320 e. The van der Waals surface area contributed by atoms with Gasteiger partial charge in [0.2, 0.25) is 11.8 Å². The summed E-state index contributed by atoms with van der Waals surface area (Å²) >= 11 is 5.66. The predicted octanol–water partition coefficient (Wildman–Crippen LogP) is 3.36. The first-order valence-electron chi connectivity index (χ1n) is 11.2. The summed E-state index contributed by atoms with van der Waals surface area (Å²) in [6.45, 7) is 4.07. The number of hydrogen-bond donors (Lipinski definition) is 3. The van der Waals surface area contributed by atoms with E-state index in [0.29, 0.717) is 16.9 Å². The number of aromatic nitrogens is 4. The van der Waals surface area contributed by atoms with Gasteiger partial charge in [0.05, 0.1) is 26.1 Å². The van der Waals surface area contributed by atoms with Crippen LogP contribution in [0.2, 0.25) is 0 Å². The highest BCUT2D eigenvalue weighted by Gasteiger charge is 2.30. The van der Waals surface area contributed by atoms with E-state index in [2.05, 4.69) is 20.0 Å². The van der Waals surface area contributed by atoms with Gasteiger partial charge in [-0.25, -0.2) is 10.1 Å². The van der Waals surface area contributed by atoms with E-state index in [9.17, 15) is 9.90 Å². The first-order valence-corrected chi connectivity index (χ1v) is 13.9. The summed E-state index contributed by atoms with van der Waals surface area (Å²) in [7, 11) is 1.48. The second kappa shape index (κ2) is 11.9. The first kappa shape index (κ1) is 27.8. The van der Waals surface area contributed by atoms with Crippen LogP contribution in [0.15, 0.2) is 36.7 Å². The fourth-order valence-electron chi connectivity index (χ4n) is 3.20. The molecule has 0 radical (unpaired) electrons. The van der Waals surface area contributed by atoms with Crippen LogP contribution >= 0.6 is 6.64 Å². The Hall–Kier alpha value is -2.83. The molecule has 14 heteroatoms. The highest BCUT2D eigenvalue weighted by atomic mass is 32.5. The number of nitrogens with one attached hydrogen (secondary N) is 1. The molecule has 3 aromatic rings. The predicted molar refractivity (Wildman–Crippen MR) is 138 cm³/mol. The van der Waals surface area contributed by atoms with Crippen LogP contribution in [-0.2, 0) is 25.9 Å². The van der Waals surface area contributed by atoms with Crippen molar-refractivity contribution < 1.29 is 28.4 Å². The number of carboxylic acids is 1. The minimum Gasteiger partial charge on any atom is -0.480 e. The highest BCUT2D eigenvalue weighted by Crippen LogP contribution is 2.45. The van der Waals surface area contributed by atoms with Gasteiger partial charge in [-0.05, 0) is 43.7 Å². The Bertz CT molecular complexity index is 1230. The third-order valence-corrected chi connectivity index (χ3v) is 7.71. The van der Waals surface area contributed by atoms with Gasteiger partial charge in [-0.3, -0.25) is 9.36 Å². The van der Waals surface area contributed by atoms with Crippen molar-refractivity contribution in [1.29, 1.82) is 0 Å². The molecule has 196 valence electrons. The molecule has 0 saturated heterocycles. The van der Waals surface area contributed by atoms with Gasteiger partial charge in [-0.15, -0.1) is 0 Å². The van der Waals surface area contributed by atoms with E-state index in [1.807, 2.05) is 26.8 Å². The van der Waals surface area contributed by atoms with Gasteiger partial charge in [-0.2, -0.15) is 9.97 Å². The number of nitrogens with zero attached hydrogens (tertiary/aromatic N) is 4. The lowest BCUT2D eigenvalue weighted by atomic mass is 10.1. The van der Waals surface area contributed by atoms with Gasteiger partial charge in [0.25, 0.3) is 0 Å². The Morgan fingerprint density at radius 2 is 1.92 bits per heavy atom. The molecule has 12 nitrogen and oxygen atoms in total. The molecule has 0 aliphatic carbocycles. The number of aliphatic carboxylic acids is 1. The SMILES string of the molecule is COc1nc(N)nc2c1ncn2[C@@H](C)O[C@H](COP(=S)(NC(C)C(=O)O)Oc1ccccc1)C(C)C. The lowest BCUT2D eigenvalue weighted by molar-refractivity contribution is -0.138. The summed E-state index contributed by atoms with van der Waals surface area (Å²) in [6.07, 6.45) is 0.634. The number of anilines is 1. The zero-order chi connectivity index (χ0) is 26.5. The Kier molecular flexibility index (Phi) is 9.20. The fourth-order valence-corrected chi connectivity index (χ4v) is 5.62. The third kappa shape index (κ3) is 6.89. The normalized spacial score (nSPS) is 15.8. The van der Waals surface area contributed by atoms with Gasteiger partial charge in [0.15, 0.2) is 11.2 Å². The zero-order valence-electron chi connectivity index (χ0n) is 20.7. The fraction of sp³-hybridized carbons (Fsp3) is 0.455. The van der Waals surface area contributed by atoms with Crippen LogP contribution in [0.1, 0.15) is 33.9 Å². The highest BCUT2D eigenvalue weighted by molar-refractivity contribution is 8.09. The van der Waals surface area contributed by atoms with Crippen molar-refractivity contribution in [3.8, 4) is 11.6 Å². The first-order chi connectivity index (χ1) is 17.0. The maximum absolute atomic E-state index is 11.5. The van der Waals surface area contributed by atoms with Crippen LogP contribution in [0.25, 0.3) is 11.2 Å². The molecular weight excluding hydrogens is 507 g/mol. The number of carboxylic acid groups (broad SMARTS) is 1. The molecule has 0 amide bonds. The van der Waals surface area contributed by atoms with Gasteiger partial charge < -0.3 is 29.4 Å². The summed E-state index contributed by atoms with van der Waals surface area (Å²) in [5, 5.41) is 12.2. The number of imidazole rings is 1. The average molecular weight is 539 g/mol. The van der Waals surface area contributed by atoms with Gasteiger partial charge in [0, 0.05) is 0 Å². The molecular formula is C22H31N6O6PS. The van der Waals surface area contributed by atoms with Gasteiger partial charge >= 0.3 is 12.6 Å². The molecule has 2 unspecified atom stereocenters. The number of ether oxygens (including phenoxy) is 2. The molecule has 4 N–H and O–H groups in total. The number of nitrogens with two attached hydrogens (primary N) is 1. The van der Waals surface area contributed by atoms with Crippen LogP contribution in [0.4, 0.5) is 5.95 Å². The minimum atomic E-state index is -3.26. The molecule has 2 heterocycles. The van der Waals surface area contributed by atoms with Gasteiger partial charge in [0.1, 0.15) is 18.0 Å². The van der Waals surface area contributed by atoms with Crippen molar-refractivity contribution in [3.05, 3.63) is 36.7 Å². The Balaban J connectivity index is 1.79. The molecule has 1 aromatic carbocycles. The van der Waals surface area contributed by atoms with Gasteiger partial charge in [-0.1, -0.05) is 32.0 Å².